The monoisotopic (exact) mass is 385 g/mol. The van der Waals surface area contributed by atoms with Crippen LogP contribution in [0.3, 0.4) is 0 Å². The van der Waals surface area contributed by atoms with Crippen molar-refractivity contribution in [2.24, 2.45) is 11.7 Å². The number of nitrogens with zero attached hydrogens (tertiary/aromatic N) is 1. The first-order chi connectivity index (χ1) is 13.0. The van der Waals surface area contributed by atoms with E-state index in [0.29, 0.717) is 31.7 Å². The fourth-order valence-corrected chi connectivity index (χ4v) is 4.19. The highest BCUT2D eigenvalue weighted by atomic mass is 16.4. The number of nitrogens with two attached hydrogens (primary N) is 1. The second kappa shape index (κ2) is 10.9. The van der Waals surface area contributed by atoms with Crippen LogP contribution in [0.15, 0.2) is 0 Å². The molecule has 2 fully saturated rings. The lowest BCUT2D eigenvalue weighted by molar-refractivity contribution is -0.151. The van der Waals surface area contributed by atoms with Gasteiger partial charge in [-0.1, -0.05) is 32.1 Å². The number of rotatable bonds is 10. The van der Waals surface area contributed by atoms with Gasteiger partial charge in [-0.2, -0.15) is 0 Å². The molecule has 2 amide bonds. The molecule has 1 saturated carbocycles. The van der Waals surface area contributed by atoms with Gasteiger partial charge in [-0.25, -0.2) is 0 Å². The first-order valence-corrected chi connectivity index (χ1v) is 10.3. The van der Waals surface area contributed by atoms with Crippen LogP contribution in [0.25, 0.3) is 0 Å². The molecule has 156 valence electrons. The van der Waals surface area contributed by atoms with Crippen molar-refractivity contribution in [2.45, 2.75) is 82.1 Å². The van der Waals surface area contributed by atoms with E-state index < -0.39 is 30.9 Å². The standard InChI is InChI=1S/C19H35N3O5/c20-9-4-7-15-18(26)21-14(11-13-5-2-1-3-6-13)19(27)22(15)10-8-16(24)17(25)12-23/h13-17,23-25H,1-12,20H2,(H,21,26). The second-order valence-corrected chi connectivity index (χ2v) is 7.89. The van der Waals surface area contributed by atoms with Gasteiger partial charge in [-0.15, -0.1) is 0 Å². The van der Waals surface area contributed by atoms with Gasteiger partial charge < -0.3 is 31.3 Å². The van der Waals surface area contributed by atoms with Gasteiger partial charge in [0.2, 0.25) is 11.8 Å². The molecule has 27 heavy (non-hydrogen) atoms. The maximum absolute atomic E-state index is 13.1. The zero-order valence-electron chi connectivity index (χ0n) is 16.1. The van der Waals surface area contributed by atoms with Crippen LogP contribution in [-0.4, -0.2) is 76.0 Å². The highest BCUT2D eigenvalue weighted by Crippen LogP contribution is 2.29. The predicted octanol–water partition coefficient (Wildman–Crippen LogP) is -0.504. The Morgan fingerprint density at radius 3 is 2.48 bits per heavy atom. The molecule has 1 aliphatic heterocycles. The lowest BCUT2D eigenvalue weighted by Crippen LogP contribution is -2.64. The summed E-state index contributed by atoms with van der Waals surface area (Å²) in [6.45, 7) is 0.0561. The van der Waals surface area contributed by atoms with E-state index in [0.717, 1.165) is 12.8 Å². The SMILES string of the molecule is NCCCC1C(=O)NC(CC2CCCCC2)C(=O)N1CCC(O)C(O)CO. The Morgan fingerprint density at radius 2 is 1.85 bits per heavy atom. The lowest BCUT2D eigenvalue weighted by Gasteiger charge is -2.40. The summed E-state index contributed by atoms with van der Waals surface area (Å²) in [7, 11) is 0. The molecule has 1 heterocycles. The van der Waals surface area contributed by atoms with Gasteiger partial charge in [0.15, 0.2) is 0 Å². The molecule has 0 spiro atoms. The molecule has 4 unspecified atom stereocenters. The van der Waals surface area contributed by atoms with Crippen LogP contribution in [0.2, 0.25) is 0 Å². The Hall–Kier alpha value is -1.22. The molecule has 8 heteroatoms. The van der Waals surface area contributed by atoms with E-state index in [1.165, 1.54) is 24.2 Å². The molecule has 8 nitrogen and oxygen atoms in total. The fraction of sp³-hybridized carbons (Fsp3) is 0.895. The van der Waals surface area contributed by atoms with Crippen molar-refractivity contribution >= 4 is 11.8 Å². The Morgan fingerprint density at radius 1 is 1.15 bits per heavy atom. The molecule has 0 aromatic rings. The average Bonchev–Trinajstić information content (AvgIpc) is 2.68. The molecule has 6 N–H and O–H groups in total. The molecule has 4 atom stereocenters. The molecule has 0 aromatic carbocycles. The number of aliphatic hydroxyl groups excluding tert-OH is 3. The zero-order valence-corrected chi connectivity index (χ0v) is 16.1. The first kappa shape index (κ1) is 22.1. The van der Waals surface area contributed by atoms with E-state index >= 15 is 0 Å². The van der Waals surface area contributed by atoms with Gasteiger partial charge in [0.1, 0.15) is 18.2 Å². The van der Waals surface area contributed by atoms with Crippen molar-refractivity contribution in [3.05, 3.63) is 0 Å². The maximum Gasteiger partial charge on any atom is 0.245 e. The molecular weight excluding hydrogens is 350 g/mol. The third-order valence-corrected chi connectivity index (χ3v) is 5.85. The minimum absolute atomic E-state index is 0.107. The highest BCUT2D eigenvalue weighted by Gasteiger charge is 2.41. The summed E-state index contributed by atoms with van der Waals surface area (Å²) in [4.78, 5) is 27.2. The smallest absolute Gasteiger partial charge is 0.245 e. The Labute approximate surface area is 161 Å². The largest absolute Gasteiger partial charge is 0.394 e. The number of carbonyl (C=O) groups excluding carboxylic acids is 2. The molecular formula is C19H35N3O5. The van der Waals surface area contributed by atoms with E-state index in [1.54, 1.807) is 0 Å². The molecule has 2 rings (SSSR count). The van der Waals surface area contributed by atoms with Crippen molar-refractivity contribution in [1.29, 1.82) is 0 Å². The number of aliphatic hydroxyl groups is 3. The van der Waals surface area contributed by atoms with Crippen LogP contribution in [0.1, 0.15) is 57.8 Å². The minimum Gasteiger partial charge on any atom is -0.394 e. The van der Waals surface area contributed by atoms with Crippen LogP contribution in [0.4, 0.5) is 0 Å². The van der Waals surface area contributed by atoms with Gasteiger partial charge in [-0.05, 0) is 38.1 Å². The summed E-state index contributed by atoms with van der Waals surface area (Å²) in [6.07, 6.45) is 5.25. The maximum atomic E-state index is 13.1. The lowest BCUT2D eigenvalue weighted by atomic mass is 9.83. The fourth-order valence-electron chi connectivity index (χ4n) is 4.19. The van der Waals surface area contributed by atoms with E-state index in [-0.39, 0.29) is 24.8 Å². The van der Waals surface area contributed by atoms with E-state index in [9.17, 15) is 19.8 Å². The Balaban J connectivity index is 2.04. The normalized spacial score (nSPS) is 26.7. The quantitative estimate of drug-likeness (QED) is 0.344. The van der Waals surface area contributed by atoms with E-state index in [2.05, 4.69) is 5.32 Å². The van der Waals surface area contributed by atoms with E-state index in [1.807, 2.05) is 0 Å². The third kappa shape index (κ3) is 6.14. The average molecular weight is 386 g/mol. The van der Waals surface area contributed by atoms with Gasteiger partial charge in [0.25, 0.3) is 0 Å². The molecule has 0 radical (unpaired) electrons. The number of piperazine rings is 1. The topological polar surface area (TPSA) is 136 Å². The molecule has 1 aliphatic carbocycles. The van der Waals surface area contributed by atoms with E-state index in [4.69, 9.17) is 10.8 Å². The number of hydrogen-bond acceptors (Lipinski definition) is 6. The molecule has 1 saturated heterocycles. The molecule has 2 aliphatic rings. The summed E-state index contributed by atoms with van der Waals surface area (Å²) in [5, 5.41) is 31.3. The highest BCUT2D eigenvalue weighted by molar-refractivity contribution is 5.96. The van der Waals surface area contributed by atoms with Crippen LogP contribution in [0, 0.1) is 5.92 Å². The van der Waals surface area contributed by atoms with Crippen molar-refractivity contribution in [1.82, 2.24) is 10.2 Å². The Bertz CT molecular complexity index is 484. The van der Waals surface area contributed by atoms with Crippen LogP contribution in [0.5, 0.6) is 0 Å². The van der Waals surface area contributed by atoms with Crippen LogP contribution < -0.4 is 11.1 Å². The number of hydrogen-bond donors (Lipinski definition) is 5. The molecule has 0 bridgehead atoms. The summed E-state index contributed by atoms with van der Waals surface area (Å²) < 4.78 is 0. The summed E-state index contributed by atoms with van der Waals surface area (Å²) in [6, 6.07) is -1.11. The van der Waals surface area contributed by atoms with Gasteiger partial charge in [-0.3, -0.25) is 9.59 Å². The van der Waals surface area contributed by atoms with Gasteiger partial charge in [0, 0.05) is 6.54 Å². The van der Waals surface area contributed by atoms with Gasteiger partial charge in [0.05, 0.1) is 12.7 Å². The summed E-state index contributed by atoms with van der Waals surface area (Å²) in [5.41, 5.74) is 5.57. The Kier molecular flexibility index (Phi) is 8.95. The van der Waals surface area contributed by atoms with Crippen molar-refractivity contribution in [3.63, 3.8) is 0 Å². The van der Waals surface area contributed by atoms with Crippen molar-refractivity contribution in [2.75, 3.05) is 19.7 Å². The number of carbonyl (C=O) groups is 2. The summed E-state index contributed by atoms with van der Waals surface area (Å²) >= 11 is 0. The molecule has 0 aromatic heterocycles. The predicted molar refractivity (Wildman–Crippen MR) is 101 cm³/mol. The minimum atomic E-state index is -1.25. The van der Waals surface area contributed by atoms with Crippen molar-refractivity contribution < 1.29 is 24.9 Å². The second-order valence-electron chi connectivity index (χ2n) is 7.89. The van der Waals surface area contributed by atoms with Crippen molar-refractivity contribution in [3.8, 4) is 0 Å². The van der Waals surface area contributed by atoms with Gasteiger partial charge >= 0.3 is 0 Å². The third-order valence-electron chi connectivity index (χ3n) is 5.85. The zero-order chi connectivity index (χ0) is 19.8. The van der Waals surface area contributed by atoms with Crippen LogP contribution >= 0.6 is 0 Å². The summed E-state index contributed by atoms with van der Waals surface area (Å²) in [5.74, 6) is 0.172. The number of nitrogens with one attached hydrogen (secondary N) is 1. The first-order valence-electron chi connectivity index (χ1n) is 10.3. The van der Waals surface area contributed by atoms with Crippen LogP contribution in [-0.2, 0) is 9.59 Å². The number of amides is 2.